The van der Waals surface area contributed by atoms with Crippen molar-refractivity contribution in [3.63, 3.8) is 0 Å². The Morgan fingerprint density at radius 1 is 1.19 bits per heavy atom. The first-order valence-electron chi connectivity index (χ1n) is 9.45. The molecule has 0 spiro atoms. The van der Waals surface area contributed by atoms with Gasteiger partial charge in [-0.1, -0.05) is 37.3 Å². The summed E-state index contributed by atoms with van der Waals surface area (Å²) in [6.07, 6.45) is 2.08. The van der Waals surface area contributed by atoms with E-state index in [0.29, 0.717) is 31.1 Å². The molecule has 1 aromatic carbocycles. The van der Waals surface area contributed by atoms with E-state index >= 15 is 0 Å². The molecule has 0 unspecified atom stereocenters. The third kappa shape index (κ3) is 3.60. The predicted octanol–water partition coefficient (Wildman–Crippen LogP) is 2.06. The highest BCUT2D eigenvalue weighted by molar-refractivity contribution is 5.45. The molecule has 26 heavy (non-hydrogen) atoms. The van der Waals surface area contributed by atoms with E-state index in [1.165, 1.54) is 5.56 Å². The Balaban J connectivity index is 1.60. The lowest BCUT2D eigenvalue weighted by Crippen LogP contribution is -2.39. The number of morpholine rings is 1. The van der Waals surface area contributed by atoms with Gasteiger partial charge in [0.2, 0.25) is 5.95 Å². The van der Waals surface area contributed by atoms with E-state index in [4.69, 9.17) is 9.72 Å². The lowest BCUT2D eigenvalue weighted by atomic mass is 9.96. The topological polar surface area (TPSA) is 61.5 Å². The number of H-pyrrole nitrogens is 1. The number of hydrogen-bond donors (Lipinski definition) is 1. The standard InChI is InChI=1S/C20H26N4O2/c1-15-7-8-24(17(15)13-16-5-3-2-4-6-16)20-21-18(14-19(25)22-20)23-9-11-26-12-10-23/h2-6,14-15,17H,7-13H2,1H3,(H,21,22,25)/t15-,17-/m1/s1. The molecule has 4 rings (SSSR count). The van der Waals surface area contributed by atoms with Gasteiger partial charge in [0.1, 0.15) is 5.82 Å². The van der Waals surface area contributed by atoms with E-state index in [1.807, 2.05) is 6.07 Å². The second-order valence-electron chi connectivity index (χ2n) is 7.24. The summed E-state index contributed by atoms with van der Waals surface area (Å²) < 4.78 is 5.41. The van der Waals surface area contributed by atoms with Crippen molar-refractivity contribution in [3.05, 3.63) is 52.3 Å². The van der Waals surface area contributed by atoms with Gasteiger partial charge in [0.15, 0.2) is 0 Å². The monoisotopic (exact) mass is 354 g/mol. The van der Waals surface area contributed by atoms with E-state index < -0.39 is 0 Å². The molecule has 2 fully saturated rings. The normalized spacial score (nSPS) is 23.4. The van der Waals surface area contributed by atoms with Crippen molar-refractivity contribution in [2.24, 2.45) is 5.92 Å². The fourth-order valence-corrected chi connectivity index (χ4v) is 3.96. The molecule has 138 valence electrons. The summed E-state index contributed by atoms with van der Waals surface area (Å²) in [5.41, 5.74) is 1.23. The maximum absolute atomic E-state index is 12.3. The lowest BCUT2D eigenvalue weighted by Gasteiger charge is -2.30. The maximum atomic E-state index is 12.3. The lowest BCUT2D eigenvalue weighted by molar-refractivity contribution is 0.122. The molecule has 2 aliphatic heterocycles. The summed E-state index contributed by atoms with van der Waals surface area (Å²) in [7, 11) is 0. The zero-order valence-corrected chi connectivity index (χ0v) is 15.2. The van der Waals surface area contributed by atoms with Crippen LogP contribution in [0.4, 0.5) is 11.8 Å². The summed E-state index contributed by atoms with van der Waals surface area (Å²) in [6, 6.07) is 12.5. The summed E-state index contributed by atoms with van der Waals surface area (Å²) in [5.74, 6) is 2.02. The average molecular weight is 354 g/mol. The van der Waals surface area contributed by atoms with Gasteiger partial charge in [-0.05, 0) is 24.3 Å². The number of aromatic nitrogens is 2. The van der Waals surface area contributed by atoms with Crippen molar-refractivity contribution in [1.29, 1.82) is 0 Å². The van der Waals surface area contributed by atoms with Crippen molar-refractivity contribution in [1.82, 2.24) is 9.97 Å². The molecule has 0 saturated carbocycles. The van der Waals surface area contributed by atoms with Gasteiger partial charge in [-0.3, -0.25) is 9.78 Å². The second-order valence-corrected chi connectivity index (χ2v) is 7.24. The minimum atomic E-state index is -0.0884. The quantitative estimate of drug-likeness (QED) is 0.911. The average Bonchev–Trinajstić information content (AvgIpc) is 3.03. The molecule has 2 saturated heterocycles. The summed E-state index contributed by atoms with van der Waals surface area (Å²) >= 11 is 0. The van der Waals surface area contributed by atoms with Gasteiger partial charge in [-0.15, -0.1) is 0 Å². The number of hydrogen-bond acceptors (Lipinski definition) is 5. The maximum Gasteiger partial charge on any atom is 0.254 e. The van der Waals surface area contributed by atoms with Crippen LogP contribution in [0.1, 0.15) is 18.9 Å². The Morgan fingerprint density at radius 2 is 1.96 bits per heavy atom. The van der Waals surface area contributed by atoms with Crippen LogP contribution in [-0.4, -0.2) is 48.9 Å². The first-order valence-corrected chi connectivity index (χ1v) is 9.45. The van der Waals surface area contributed by atoms with Gasteiger partial charge in [-0.2, -0.15) is 4.98 Å². The van der Waals surface area contributed by atoms with Gasteiger partial charge in [0.05, 0.1) is 13.2 Å². The van der Waals surface area contributed by atoms with Crippen LogP contribution in [0, 0.1) is 5.92 Å². The first-order chi connectivity index (χ1) is 12.7. The number of nitrogens with one attached hydrogen (secondary N) is 1. The predicted molar refractivity (Wildman–Crippen MR) is 103 cm³/mol. The highest BCUT2D eigenvalue weighted by Crippen LogP contribution is 2.30. The number of ether oxygens (including phenoxy) is 1. The molecule has 1 N–H and O–H groups in total. The zero-order valence-electron chi connectivity index (χ0n) is 15.2. The highest BCUT2D eigenvalue weighted by atomic mass is 16.5. The van der Waals surface area contributed by atoms with Crippen LogP contribution in [0.3, 0.4) is 0 Å². The minimum absolute atomic E-state index is 0.0884. The van der Waals surface area contributed by atoms with Crippen LogP contribution in [0.15, 0.2) is 41.2 Å². The van der Waals surface area contributed by atoms with Crippen LogP contribution in [0.5, 0.6) is 0 Å². The molecule has 0 bridgehead atoms. The number of benzene rings is 1. The Hall–Kier alpha value is -2.34. The summed E-state index contributed by atoms with van der Waals surface area (Å²) in [6.45, 7) is 6.13. The van der Waals surface area contributed by atoms with Crippen LogP contribution in [0.2, 0.25) is 0 Å². The number of anilines is 2. The van der Waals surface area contributed by atoms with Crippen LogP contribution < -0.4 is 15.4 Å². The molecule has 6 heteroatoms. The Morgan fingerprint density at radius 3 is 2.73 bits per heavy atom. The Kier molecular flexibility index (Phi) is 4.93. The van der Waals surface area contributed by atoms with Crippen LogP contribution in [-0.2, 0) is 11.2 Å². The zero-order chi connectivity index (χ0) is 17.9. The van der Waals surface area contributed by atoms with Crippen molar-refractivity contribution in [3.8, 4) is 0 Å². The first kappa shape index (κ1) is 17.1. The highest BCUT2D eigenvalue weighted by Gasteiger charge is 2.33. The minimum Gasteiger partial charge on any atom is -0.378 e. The van der Waals surface area contributed by atoms with Gasteiger partial charge < -0.3 is 14.5 Å². The molecular weight excluding hydrogens is 328 g/mol. The molecule has 6 nitrogen and oxygen atoms in total. The van der Waals surface area contributed by atoms with E-state index in [-0.39, 0.29) is 5.56 Å². The molecule has 0 aliphatic carbocycles. The van der Waals surface area contributed by atoms with E-state index in [1.54, 1.807) is 6.07 Å². The largest absolute Gasteiger partial charge is 0.378 e. The third-order valence-electron chi connectivity index (χ3n) is 5.49. The second kappa shape index (κ2) is 7.50. The molecular formula is C20H26N4O2. The third-order valence-corrected chi connectivity index (χ3v) is 5.49. The van der Waals surface area contributed by atoms with Gasteiger partial charge in [0, 0.05) is 31.7 Å². The Bertz CT molecular complexity index is 786. The molecule has 1 aromatic heterocycles. The molecule has 3 heterocycles. The number of aromatic amines is 1. The van der Waals surface area contributed by atoms with Crippen molar-refractivity contribution in [2.75, 3.05) is 42.6 Å². The molecule has 2 aromatic rings. The van der Waals surface area contributed by atoms with Crippen molar-refractivity contribution < 1.29 is 4.74 Å². The summed E-state index contributed by atoms with van der Waals surface area (Å²) in [5, 5.41) is 0. The molecule has 2 aliphatic rings. The SMILES string of the molecule is C[C@@H]1CCN(c2nc(N3CCOCC3)cc(=O)[nH]2)[C@@H]1Cc1ccccc1. The number of nitrogens with zero attached hydrogens (tertiary/aromatic N) is 3. The van der Waals surface area contributed by atoms with Gasteiger partial charge >= 0.3 is 0 Å². The molecule has 0 radical (unpaired) electrons. The van der Waals surface area contributed by atoms with Crippen LogP contribution in [0.25, 0.3) is 0 Å². The smallest absolute Gasteiger partial charge is 0.254 e. The summed E-state index contributed by atoms with van der Waals surface area (Å²) in [4.78, 5) is 24.5. The van der Waals surface area contributed by atoms with Gasteiger partial charge in [0.25, 0.3) is 5.56 Å². The fourth-order valence-electron chi connectivity index (χ4n) is 3.96. The van der Waals surface area contributed by atoms with E-state index in [2.05, 4.69) is 46.0 Å². The van der Waals surface area contributed by atoms with Gasteiger partial charge in [-0.25, -0.2) is 0 Å². The molecule has 2 atom stereocenters. The van der Waals surface area contributed by atoms with Crippen molar-refractivity contribution >= 4 is 11.8 Å². The van der Waals surface area contributed by atoms with Crippen molar-refractivity contribution in [2.45, 2.75) is 25.8 Å². The van der Waals surface area contributed by atoms with Crippen LogP contribution >= 0.6 is 0 Å². The van der Waals surface area contributed by atoms with E-state index in [9.17, 15) is 4.79 Å². The van der Waals surface area contributed by atoms with E-state index in [0.717, 1.165) is 38.3 Å². The molecule has 0 amide bonds. The Labute approximate surface area is 153 Å². The fraction of sp³-hybridized carbons (Fsp3) is 0.500. The number of rotatable bonds is 4.